The first-order chi connectivity index (χ1) is 17.2. The molecular weight excluding hydrogens is 501 g/mol. The van der Waals surface area contributed by atoms with E-state index in [1.165, 1.54) is 7.11 Å². The molecular formula is C27H31Cl2N3O4. The SMILES string of the molecule is COC(=O)[C@H](Cc1ccn(Cc2cc(Cl)cc(Cl)c2)n1)N[C@@H](CC(C)C)C(=O)OCc1ccccc1. The second kappa shape index (κ2) is 13.4. The van der Waals surface area contributed by atoms with Gasteiger partial charge < -0.3 is 9.47 Å². The van der Waals surface area contributed by atoms with Gasteiger partial charge in [-0.05, 0) is 47.7 Å². The van der Waals surface area contributed by atoms with Crippen molar-refractivity contribution in [3.05, 3.63) is 87.7 Å². The van der Waals surface area contributed by atoms with Crippen LogP contribution < -0.4 is 5.32 Å². The molecule has 2 aromatic carbocycles. The van der Waals surface area contributed by atoms with Crippen molar-refractivity contribution >= 4 is 35.1 Å². The van der Waals surface area contributed by atoms with Crippen molar-refractivity contribution in [3.8, 4) is 0 Å². The molecule has 192 valence electrons. The summed E-state index contributed by atoms with van der Waals surface area (Å²) in [5.74, 6) is -0.686. The number of esters is 2. The van der Waals surface area contributed by atoms with Gasteiger partial charge in [-0.3, -0.25) is 19.6 Å². The third-order valence-corrected chi connectivity index (χ3v) is 5.92. The number of ether oxygens (including phenoxy) is 2. The number of hydrogen-bond donors (Lipinski definition) is 1. The van der Waals surface area contributed by atoms with Gasteiger partial charge in [-0.25, -0.2) is 0 Å². The minimum Gasteiger partial charge on any atom is -0.468 e. The first-order valence-electron chi connectivity index (χ1n) is 11.7. The van der Waals surface area contributed by atoms with E-state index in [9.17, 15) is 9.59 Å². The average molecular weight is 532 g/mol. The van der Waals surface area contributed by atoms with Crippen LogP contribution in [0.2, 0.25) is 10.0 Å². The Morgan fingerprint density at radius 1 is 0.972 bits per heavy atom. The Morgan fingerprint density at radius 3 is 2.31 bits per heavy atom. The maximum absolute atomic E-state index is 12.9. The Labute approximate surface area is 221 Å². The molecule has 3 rings (SSSR count). The summed E-state index contributed by atoms with van der Waals surface area (Å²) in [6.45, 7) is 4.65. The highest BCUT2D eigenvalue weighted by Gasteiger charge is 2.29. The maximum atomic E-state index is 12.9. The third kappa shape index (κ3) is 8.66. The van der Waals surface area contributed by atoms with E-state index in [2.05, 4.69) is 10.4 Å². The van der Waals surface area contributed by atoms with E-state index in [-0.39, 0.29) is 18.9 Å². The van der Waals surface area contributed by atoms with E-state index in [0.29, 0.717) is 28.7 Å². The van der Waals surface area contributed by atoms with Crippen molar-refractivity contribution in [1.82, 2.24) is 15.1 Å². The fraction of sp³-hybridized carbons (Fsp3) is 0.370. The summed E-state index contributed by atoms with van der Waals surface area (Å²) in [7, 11) is 1.32. The molecule has 0 aliphatic heterocycles. The fourth-order valence-corrected chi connectivity index (χ4v) is 4.40. The maximum Gasteiger partial charge on any atom is 0.323 e. The highest BCUT2D eigenvalue weighted by Crippen LogP contribution is 2.20. The molecule has 0 amide bonds. The molecule has 9 heteroatoms. The van der Waals surface area contributed by atoms with Crippen LogP contribution in [-0.4, -0.2) is 40.9 Å². The molecule has 0 saturated heterocycles. The molecule has 7 nitrogen and oxygen atoms in total. The first kappa shape index (κ1) is 27.7. The minimum atomic E-state index is -0.771. The Morgan fingerprint density at radius 2 is 1.67 bits per heavy atom. The lowest BCUT2D eigenvalue weighted by atomic mass is 10.0. The van der Waals surface area contributed by atoms with Gasteiger partial charge in [0.15, 0.2) is 0 Å². The van der Waals surface area contributed by atoms with E-state index in [1.807, 2.05) is 68.6 Å². The lowest BCUT2D eigenvalue weighted by Crippen LogP contribution is -2.49. The highest BCUT2D eigenvalue weighted by atomic mass is 35.5. The summed E-state index contributed by atoms with van der Waals surface area (Å²) in [6, 6.07) is 15.2. The van der Waals surface area contributed by atoms with E-state index in [1.54, 1.807) is 10.7 Å². The standard InChI is InChI=1S/C27H31Cl2N3O4/c1-18(2)11-24(27(34)36-17-19-7-5-4-6-8-19)30-25(26(33)35-3)15-23-9-10-32(31-23)16-20-12-21(28)14-22(29)13-20/h4-10,12-14,18,24-25,30H,11,15-17H2,1-3H3/t24-,25-/m0/s1. The van der Waals surface area contributed by atoms with Gasteiger partial charge in [0.2, 0.25) is 0 Å². The summed E-state index contributed by atoms with van der Waals surface area (Å²) < 4.78 is 12.3. The number of aromatic nitrogens is 2. The van der Waals surface area contributed by atoms with Gasteiger partial charge >= 0.3 is 11.9 Å². The van der Waals surface area contributed by atoms with Crippen LogP contribution in [0.15, 0.2) is 60.8 Å². The van der Waals surface area contributed by atoms with E-state index in [0.717, 1.165) is 11.1 Å². The third-order valence-electron chi connectivity index (χ3n) is 5.48. The van der Waals surface area contributed by atoms with Crippen LogP contribution in [0.4, 0.5) is 0 Å². The summed E-state index contributed by atoms with van der Waals surface area (Å²) in [6.07, 6.45) is 2.57. The van der Waals surface area contributed by atoms with Crippen LogP contribution in [0.1, 0.15) is 37.1 Å². The van der Waals surface area contributed by atoms with Crippen molar-refractivity contribution < 1.29 is 19.1 Å². The van der Waals surface area contributed by atoms with Crippen molar-refractivity contribution in [2.45, 2.75) is 51.9 Å². The predicted octanol–water partition coefficient (Wildman–Crippen LogP) is 5.07. The predicted molar refractivity (Wildman–Crippen MR) is 140 cm³/mol. The molecule has 3 aromatic rings. The second-order valence-corrected chi connectivity index (χ2v) is 9.88. The van der Waals surface area contributed by atoms with E-state index < -0.39 is 24.0 Å². The van der Waals surface area contributed by atoms with Crippen molar-refractivity contribution in [3.63, 3.8) is 0 Å². The number of carbonyl (C=O) groups excluding carboxylic acids is 2. The Kier molecular flexibility index (Phi) is 10.3. The topological polar surface area (TPSA) is 82.5 Å². The zero-order chi connectivity index (χ0) is 26.1. The fourth-order valence-electron chi connectivity index (χ4n) is 3.83. The lowest BCUT2D eigenvalue weighted by molar-refractivity contribution is -0.149. The van der Waals surface area contributed by atoms with Gasteiger partial charge in [0.25, 0.3) is 0 Å². The summed E-state index contributed by atoms with van der Waals surface area (Å²) in [4.78, 5) is 25.5. The molecule has 0 aliphatic rings. The number of halogens is 2. The molecule has 0 bridgehead atoms. The molecule has 0 fully saturated rings. The molecule has 0 radical (unpaired) electrons. The monoisotopic (exact) mass is 531 g/mol. The van der Waals surface area contributed by atoms with Crippen molar-refractivity contribution in [2.24, 2.45) is 5.92 Å². The number of carbonyl (C=O) groups is 2. The largest absolute Gasteiger partial charge is 0.468 e. The lowest BCUT2D eigenvalue weighted by Gasteiger charge is -2.24. The summed E-state index contributed by atoms with van der Waals surface area (Å²) in [5, 5.41) is 8.84. The zero-order valence-electron chi connectivity index (χ0n) is 20.6. The van der Waals surface area contributed by atoms with E-state index >= 15 is 0 Å². The smallest absolute Gasteiger partial charge is 0.323 e. The molecule has 1 heterocycles. The number of rotatable bonds is 12. The van der Waals surface area contributed by atoms with Crippen LogP contribution in [-0.2, 0) is 38.6 Å². The Hall–Kier alpha value is -2.87. The van der Waals surface area contributed by atoms with Crippen molar-refractivity contribution in [1.29, 1.82) is 0 Å². The van der Waals surface area contributed by atoms with Gasteiger partial charge in [-0.1, -0.05) is 67.4 Å². The minimum absolute atomic E-state index is 0.163. The first-order valence-corrected chi connectivity index (χ1v) is 12.5. The molecule has 0 aliphatic carbocycles. The molecule has 1 aromatic heterocycles. The Bertz CT molecular complexity index is 1130. The van der Waals surface area contributed by atoms with Gasteiger partial charge in [0.1, 0.15) is 18.7 Å². The number of nitrogens with one attached hydrogen (secondary N) is 1. The number of benzene rings is 2. The van der Waals surface area contributed by atoms with Gasteiger partial charge in [0.05, 0.1) is 19.3 Å². The summed E-state index contributed by atoms with van der Waals surface area (Å²) >= 11 is 12.2. The van der Waals surface area contributed by atoms with Crippen LogP contribution in [0.25, 0.3) is 0 Å². The number of hydrogen-bond acceptors (Lipinski definition) is 6. The van der Waals surface area contributed by atoms with Gasteiger partial charge in [0, 0.05) is 22.7 Å². The van der Waals surface area contributed by atoms with Crippen LogP contribution in [0, 0.1) is 5.92 Å². The molecule has 36 heavy (non-hydrogen) atoms. The second-order valence-electron chi connectivity index (χ2n) is 9.00. The molecule has 1 N–H and O–H groups in total. The average Bonchev–Trinajstić information content (AvgIpc) is 3.27. The van der Waals surface area contributed by atoms with Crippen LogP contribution >= 0.6 is 23.2 Å². The van der Waals surface area contributed by atoms with Crippen molar-refractivity contribution in [2.75, 3.05) is 7.11 Å². The zero-order valence-corrected chi connectivity index (χ0v) is 22.1. The van der Waals surface area contributed by atoms with E-state index in [4.69, 9.17) is 32.7 Å². The van der Waals surface area contributed by atoms with Gasteiger partial charge in [-0.15, -0.1) is 0 Å². The quantitative estimate of drug-likeness (QED) is 0.328. The van der Waals surface area contributed by atoms with Crippen LogP contribution in [0.3, 0.4) is 0 Å². The highest BCUT2D eigenvalue weighted by molar-refractivity contribution is 6.34. The number of methoxy groups -OCH3 is 1. The molecule has 0 spiro atoms. The molecule has 0 unspecified atom stereocenters. The molecule has 2 atom stereocenters. The molecule has 0 saturated carbocycles. The Balaban J connectivity index is 1.69. The van der Waals surface area contributed by atoms with Crippen LogP contribution in [0.5, 0.6) is 0 Å². The summed E-state index contributed by atoms with van der Waals surface area (Å²) in [5.41, 5.74) is 2.47. The number of nitrogens with zero attached hydrogens (tertiary/aromatic N) is 2. The normalized spacial score (nSPS) is 12.8. The van der Waals surface area contributed by atoms with Gasteiger partial charge in [-0.2, -0.15) is 5.10 Å².